The molecule has 7 nitrogen and oxygen atoms in total. The number of carbonyl (C=O) groups excluding carboxylic acids is 2. The van der Waals surface area contributed by atoms with E-state index in [-0.39, 0.29) is 50.0 Å². The molecule has 2 aromatic carbocycles. The first-order valence-corrected chi connectivity index (χ1v) is 10.8. The summed E-state index contributed by atoms with van der Waals surface area (Å²) in [5.74, 6) is -0.694. The molecule has 1 aliphatic heterocycles. The van der Waals surface area contributed by atoms with Crippen molar-refractivity contribution in [3.05, 3.63) is 42.5 Å². The third kappa shape index (κ3) is 4.51. The molecular formula is C20H24N2O5S. The van der Waals surface area contributed by atoms with Gasteiger partial charge in [-0.05, 0) is 29.3 Å². The Morgan fingerprint density at radius 1 is 1.00 bits per heavy atom. The molecule has 2 aromatic rings. The molecule has 0 bridgehead atoms. The lowest BCUT2D eigenvalue weighted by Crippen LogP contribution is -2.51. The zero-order valence-corrected chi connectivity index (χ0v) is 16.7. The van der Waals surface area contributed by atoms with E-state index in [0.717, 1.165) is 10.8 Å². The number of rotatable bonds is 6. The van der Waals surface area contributed by atoms with Gasteiger partial charge >= 0.3 is 5.97 Å². The number of hydrogen-bond donors (Lipinski definition) is 0. The molecule has 3 rings (SSSR count). The van der Waals surface area contributed by atoms with Crippen LogP contribution >= 0.6 is 0 Å². The largest absolute Gasteiger partial charge is 0.456 e. The van der Waals surface area contributed by atoms with Crippen molar-refractivity contribution in [2.24, 2.45) is 0 Å². The van der Waals surface area contributed by atoms with Crippen molar-refractivity contribution in [3.8, 4) is 0 Å². The summed E-state index contributed by atoms with van der Waals surface area (Å²) >= 11 is 0. The minimum atomic E-state index is -3.63. The van der Waals surface area contributed by atoms with E-state index < -0.39 is 16.0 Å². The SMILES string of the molecule is CCCC(=O)OCC(=O)N1CCN(S(=O)(=O)c2ccc3ccccc3c2)CC1. The molecular weight excluding hydrogens is 380 g/mol. The molecule has 1 fully saturated rings. The van der Waals surface area contributed by atoms with Crippen LogP contribution in [0.25, 0.3) is 10.8 Å². The van der Waals surface area contributed by atoms with Gasteiger partial charge < -0.3 is 9.64 Å². The number of fused-ring (bicyclic) bond motifs is 1. The Labute approximate surface area is 164 Å². The van der Waals surface area contributed by atoms with Gasteiger partial charge in [0.25, 0.3) is 5.91 Å². The second-order valence-corrected chi connectivity index (χ2v) is 8.64. The lowest BCUT2D eigenvalue weighted by Gasteiger charge is -2.33. The fraction of sp³-hybridized carbons (Fsp3) is 0.400. The first-order chi connectivity index (χ1) is 13.4. The quantitative estimate of drug-likeness (QED) is 0.688. The molecule has 0 aromatic heterocycles. The molecule has 150 valence electrons. The predicted octanol–water partition coefficient (Wildman–Crippen LogP) is 2.02. The number of hydrogen-bond acceptors (Lipinski definition) is 5. The summed E-state index contributed by atoms with van der Waals surface area (Å²) in [6, 6.07) is 12.7. The first-order valence-electron chi connectivity index (χ1n) is 9.34. The van der Waals surface area contributed by atoms with Crippen LogP contribution in [0.1, 0.15) is 19.8 Å². The molecule has 0 atom stereocenters. The highest BCUT2D eigenvalue weighted by Crippen LogP contribution is 2.22. The summed E-state index contributed by atoms with van der Waals surface area (Å²) in [6.45, 7) is 2.54. The Hall–Kier alpha value is -2.45. The number of esters is 1. The van der Waals surface area contributed by atoms with Crippen molar-refractivity contribution in [1.29, 1.82) is 0 Å². The number of sulfonamides is 1. The molecule has 0 N–H and O–H groups in total. The fourth-order valence-corrected chi connectivity index (χ4v) is 4.62. The van der Waals surface area contributed by atoms with E-state index in [1.807, 2.05) is 31.2 Å². The van der Waals surface area contributed by atoms with E-state index in [9.17, 15) is 18.0 Å². The Kier molecular flexibility index (Phi) is 6.31. The van der Waals surface area contributed by atoms with Gasteiger partial charge in [0.1, 0.15) is 0 Å². The van der Waals surface area contributed by atoms with Crippen LogP contribution in [0.2, 0.25) is 0 Å². The average Bonchev–Trinajstić information content (AvgIpc) is 2.72. The summed E-state index contributed by atoms with van der Waals surface area (Å²) in [5.41, 5.74) is 0. The summed E-state index contributed by atoms with van der Waals surface area (Å²) in [7, 11) is -3.63. The lowest BCUT2D eigenvalue weighted by atomic mass is 10.1. The van der Waals surface area contributed by atoms with Crippen LogP contribution in [-0.2, 0) is 24.3 Å². The molecule has 0 unspecified atom stereocenters. The Morgan fingerprint density at radius 2 is 1.68 bits per heavy atom. The molecule has 1 saturated heterocycles. The van der Waals surface area contributed by atoms with Crippen molar-refractivity contribution in [2.75, 3.05) is 32.8 Å². The third-order valence-electron chi connectivity index (χ3n) is 4.76. The number of carbonyl (C=O) groups is 2. The number of amides is 1. The van der Waals surface area contributed by atoms with Gasteiger partial charge in [-0.1, -0.05) is 37.3 Å². The van der Waals surface area contributed by atoms with E-state index >= 15 is 0 Å². The number of benzene rings is 2. The Bertz CT molecular complexity index is 965. The van der Waals surface area contributed by atoms with Crippen molar-refractivity contribution >= 4 is 32.7 Å². The van der Waals surface area contributed by atoms with Gasteiger partial charge in [-0.3, -0.25) is 9.59 Å². The van der Waals surface area contributed by atoms with Gasteiger partial charge in [0.2, 0.25) is 10.0 Å². The van der Waals surface area contributed by atoms with Crippen LogP contribution in [0, 0.1) is 0 Å². The molecule has 1 amide bonds. The van der Waals surface area contributed by atoms with Gasteiger partial charge in [0.05, 0.1) is 4.90 Å². The van der Waals surface area contributed by atoms with Gasteiger partial charge in [-0.25, -0.2) is 8.42 Å². The summed E-state index contributed by atoms with van der Waals surface area (Å²) in [6.07, 6.45) is 0.948. The van der Waals surface area contributed by atoms with Crippen molar-refractivity contribution in [3.63, 3.8) is 0 Å². The minimum Gasteiger partial charge on any atom is -0.456 e. The summed E-state index contributed by atoms with van der Waals surface area (Å²) in [5, 5.41) is 1.85. The average molecular weight is 404 g/mol. The predicted molar refractivity (Wildman–Crippen MR) is 105 cm³/mol. The summed E-state index contributed by atoms with van der Waals surface area (Å²) < 4.78 is 32.2. The second kappa shape index (κ2) is 8.70. The van der Waals surface area contributed by atoms with Crippen LogP contribution in [0.15, 0.2) is 47.4 Å². The maximum Gasteiger partial charge on any atom is 0.306 e. The summed E-state index contributed by atoms with van der Waals surface area (Å²) in [4.78, 5) is 25.3. The Morgan fingerprint density at radius 3 is 2.36 bits per heavy atom. The smallest absolute Gasteiger partial charge is 0.306 e. The fourth-order valence-electron chi connectivity index (χ4n) is 3.16. The van der Waals surface area contributed by atoms with Crippen molar-refractivity contribution in [2.45, 2.75) is 24.7 Å². The standard InChI is InChI=1S/C20H24N2O5S/c1-2-5-20(24)27-15-19(23)21-10-12-22(13-11-21)28(25,26)18-9-8-16-6-3-4-7-17(16)14-18/h3-4,6-9,14H,2,5,10-13,15H2,1H3. The number of piperazine rings is 1. The van der Waals surface area contributed by atoms with E-state index in [4.69, 9.17) is 4.74 Å². The van der Waals surface area contributed by atoms with E-state index in [1.165, 1.54) is 9.21 Å². The van der Waals surface area contributed by atoms with Crippen LogP contribution in [0.5, 0.6) is 0 Å². The van der Waals surface area contributed by atoms with E-state index in [1.54, 1.807) is 18.2 Å². The zero-order valence-electron chi connectivity index (χ0n) is 15.8. The molecule has 0 aliphatic carbocycles. The maximum atomic E-state index is 12.9. The lowest BCUT2D eigenvalue weighted by molar-refractivity contribution is -0.152. The normalized spacial score (nSPS) is 15.5. The van der Waals surface area contributed by atoms with Crippen LogP contribution in [-0.4, -0.2) is 62.3 Å². The second-order valence-electron chi connectivity index (χ2n) is 6.70. The highest BCUT2D eigenvalue weighted by atomic mass is 32.2. The van der Waals surface area contributed by atoms with Gasteiger partial charge in [-0.15, -0.1) is 0 Å². The molecule has 0 saturated carbocycles. The van der Waals surface area contributed by atoms with Gasteiger partial charge in [-0.2, -0.15) is 4.31 Å². The molecule has 1 heterocycles. The highest BCUT2D eigenvalue weighted by molar-refractivity contribution is 7.89. The zero-order chi connectivity index (χ0) is 20.1. The first kappa shape index (κ1) is 20.3. The monoisotopic (exact) mass is 404 g/mol. The molecule has 0 spiro atoms. The van der Waals surface area contributed by atoms with Crippen molar-refractivity contribution in [1.82, 2.24) is 9.21 Å². The molecule has 8 heteroatoms. The highest BCUT2D eigenvalue weighted by Gasteiger charge is 2.30. The number of ether oxygens (including phenoxy) is 1. The maximum absolute atomic E-state index is 12.9. The van der Waals surface area contributed by atoms with Crippen molar-refractivity contribution < 1.29 is 22.7 Å². The van der Waals surface area contributed by atoms with Gasteiger partial charge in [0, 0.05) is 32.6 Å². The third-order valence-corrected chi connectivity index (χ3v) is 6.66. The van der Waals surface area contributed by atoms with Gasteiger partial charge in [0.15, 0.2) is 6.61 Å². The van der Waals surface area contributed by atoms with E-state index in [0.29, 0.717) is 6.42 Å². The Balaban J connectivity index is 1.61. The number of nitrogens with zero attached hydrogens (tertiary/aromatic N) is 2. The minimum absolute atomic E-state index is 0.212. The molecule has 28 heavy (non-hydrogen) atoms. The van der Waals surface area contributed by atoms with Crippen LogP contribution in [0.4, 0.5) is 0 Å². The molecule has 0 radical (unpaired) electrons. The van der Waals surface area contributed by atoms with Crippen LogP contribution in [0.3, 0.4) is 0 Å². The van der Waals surface area contributed by atoms with E-state index in [2.05, 4.69) is 0 Å². The van der Waals surface area contributed by atoms with Crippen LogP contribution < -0.4 is 0 Å². The topological polar surface area (TPSA) is 84.0 Å². The molecule has 1 aliphatic rings.